The zero-order chi connectivity index (χ0) is 22.8. The van der Waals surface area contributed by atoms with Crippen LogP contribution < -0.4 is 10.1 Å². The molecule has 0 spiro atoms. The summed E-state index contributed by atoms with van der Waals surface area (Å²) in [5.74, 6) is 0.745. The largest absolute Gasteiger partial charge is 0.489 e. The van der Waals surface area contributed by atoms with Gasteiger partial charge in [0.05, 0.1) is 5.41 Å². The van der Waals surface area contributed by atoms with Crippen LogP contribution in [-0.2, 0) is 23.1 Å². The van der Waals surface area contributed by atoms with Crippen molar-refractivity contribution in [2.75, 3.05) is 11.9 Å². The number of carbonyl (C=O) groups is 1. The molecule has 0 saturated carbocycles. The third-order valence-corrected chi connectivity index (χ3v) is 6.68. The van der Waals surface area contributed by atoms with Crippen LogP contribution in [0.15, 0.2) is 97.6 Å². The van der Waals surface area contributed by atoms with Crippen molar-refractivity contribution in [3.63, 3.8) is 0 Å². The smallest absolute Gasteiger partial charge is 0.235 e. The molecule has 164 valence electrons. The summed E-state index contributed by atoms with van der Waals surface area (Å²) in [6.07, 6.45) is 3.02. The van der Waals surface area contributed by atoms with Gasteiger partial charge in [0.25, 0.3) is 0 Å². The number of hydrogen-bond donors (Lipinski definition) is 1. The average molecular weight is 454 g/mol. The monoisotopic (exact) mass is 453 g/mol. The number of anilines is 1. The molecule has 4 aromatic rings. The van der Waals surface area contributed by atoms with E-state index < -0.39 is 5.41 Å². The minimum Gasteiger partial charge on any atom is -0.489 e. The van der Waals surface area contributed by atoms with Crippen LogP contribution in [0.1, 0.15) is 16.7 Å². The van der Waals surface area contributed by atoms with Crippen molar-refractivity contribution in [2.24, 2.45) is 0 Å². The highest BCUT2D eigenvalue weighted by Gasteiger charge is 2.45. The number of fused-ring (bicyclic) bond motifs is 2. The molecular weight excluding hydrogens is 430 g/mol. The van der Waals surface area contributed by atoms with Gasteiger partial charge in [-0.25, -0.2) is 0 Å². The molecule has 1 aliphatic carbocycles. The molecule has 4 heteroatoms. The number of amides is 1. The highest BCUT2D eigenvalue weighted by Crippen LogP contribution is 2.42. The minimum atomic E-state index is -0.701. The summed E-state index contributed by atoms with van der Waals surface area (Å²) in [4.78, 5) is 14.0. The van der Waals surface area contributed by atoms with Crippen LogP contribution >= 0.6 is 11.6 Å². The second-order valence-corrected chi connectivity index (χ2v) is 8.86. The van der Waals surface area contributed by atoms with E-state index in [1.165, 1.54) is 11.1 Å². The highest BCUT2D eigenvalue weighted by atomic mass is 35.5. The maximum atomic E-state index is 14.0. The summed E-state index contributed by atoms with van der Waals surface area (Å²) in [5.41, 5.74) is 3.45. The lowest BCUT2D eigenvalue weighted by molar-refractivity contribution is -0.121. The number of carbonyl (C=O) groups excluding carboxylic acids is 1. The van der Waals surface area contributed by atoms with Crippen molar-refractivity contribution in [3.05, 3.63) is 119 Å². The first-order chi connectivity index (χ1) is 16.1. The summed E-state index contributed by atoms with van der Waals surface area (Å²) < 4.78 is 5.83. The Labute approximate surface area is 198 Å². The average Bonchev–Trinajstić information content (AvgIpc) is 3.25. The van der Waals surface area contributed by atoms with Gasteiger partial charge in [0.15, 0.2) is 0 Å². The zero-order valence-corrected chi connectivity index (χ0v) is 18.9. The Morgan fingerprint density at radius 1 is 0.909 bits per heavy atom. The summed E-state index contributed by atoms with van der Waals surface area (Å²) in [7, 11) is 0. The normalized spacial score (nSPS) is 14.0. The third kappa shape index (κ3) is 3.90. The first-order valence-electron chi connectivity index (χ1n) is 11.0. The lowest BCUT2D eigenvalue weighted by Gasteiger charge is -2.29. The molecular formula is C29H24ClNO2. The van der Waals surface area contributed by atoms with Crippen LogP contribution in [0.4, 0.5) is 5.69 Å². The van der Waals surface area contributed by atoms with Crippen LogP contribution in [0, 0.1) is 0 Å². The standard InChI is InChI=1S/C29H24ClNO2/c1-2-17-33-27-16-15-26(24-9-5-6-10-25(24)27)31-28(32)29(22-11-13-23(30)14-12-22)18-20-7-3-4-8-21(20)19-29/h2-16H,1,17-19H2,(H,31,32). The van der Waals surface area contributed by atoms with Crippen molar-refractivity contribution >= 4 is 34.0 Å². The van der Waals surface area contributed by atoms with Crippen LogP contribution in [-0.4, -0.2) is 12.5 Å². The summed E-state index contributed by atoms with van der Waals surface area (Å²) in [6.45, 7) is 4.15. The van der Waals surface area contributed by atoms with Gasteiger partial charge in [-0.1, -0.05) is 84.9 Å². The van der Waals surface area contributed by atoms with E-state index in [-0.39, 0.29) is 5.91 Å². The van der Waals surface area contributed by atoms with E-state index in [4.69, 9.17) is 16.3 Å². The molecule has 0 bridgehead atoms. The second-order valence-electron chi connectivity index (χ2n) is 8.42. The van der Waals surface area contributed by atoms with E-state index in [1.54, 1.807) is 6.08 Å². The van der Waals surface area contributed by atoms with Gasteiger partial charge in [-0.05, 0) is 53.8 Å². The van der Waals surface area contributed by atoms with Gasteiger partial charge >= 0.3 is 0 Å². The molecule has 0 aromatic heterocycles. The fourth-order valence-corrected chi connectivity index (χ4v) is 4.90. The molecule has 0 radical (unpaired) electrons. The van der Waals surface area contributed by atoms with E-state index in [1.807, 2.05) is 72.8 Å². The summed E-state index contributed by atoms with van der Waals surface area (Å²) in [6, 6.07) is 27.7. The number of benzene rings is 4. The molecule has 3 nitrogen and oxygen atoms in total. The summed E-state index contributed by atoms with van der Waals surface area (Å²) >= 11 is 6.16. The van der Waals surface area contributed by atoms with Crippen molar-refractivity contribution in [2.45, 2.75) is 18.3 Å². The van der Waals surface area contributed by atoms with Crippen molar-refractivity contribution < 1.29 is 9.53 Å². The Morgan fingerprint density at radius 2 is 1.55 bits per heavy atom. The number of nitrogens with one attached hydrogen (secondary N) is 1. The molecule has 0 fully saturated rings. The second kappa shape index (κ2) is 8.76. The Bertz CT molecular complexity index is 1320. The molecule has 0 unspecified atom stereocenters. The highest BCUT2D eigenvalue weighted by molar-refractivity contribution is 6.30. The van der Waals surface area contributed by atoms with Crippen LogP contribution in [0.25, 0.3) is 10.8 Å². The third-order valence-electron chi connectivity index (χ3n) is 6.42. The van der Waals surface area contributed by atoms with E-state index in [9.17, 15) is 4.79 Å². The predicted octanol–water partition coefficient (Wildman–Crippen LogP) is 6.73. The number of hydrogen-bond acceptors (Lipinski definition) is 2. The lowest BCUT2D eigenvalue weighted by Crippen LogP contribution is -2.41. The molecule has 5 rings (SSSR count). The van der Waals surface area contributed by atoms with Gasteiger partial charge in [0, 0.05) is 21.5 Å². The van der Waals surface area contributed by atoms with Gasteiger partial charge in [-0.15, -0.1) is 0 Å². The van der Waals surface area contributed by atoms with E-state index >= 15 is 0 Å². The molecule has 1 aliphatic rings. The van der Waals surface area contributed by atoms with E-state index in [2.05, 4.69) is 24.0 Å². The molecule has 1 amide bonds. The first-order valence-corrected chi connectivity index (χ1v) is 11.4. The summed E-state index contributed by atoms with van der Waals surface area (Å²) in [5, 5.41) is 5.80. The van der Waals surface area contributed by atoms with Crippen LogP contribution in [0.2, 0.25) is 5.02 Å². The van der Waals surface area contributed by atoms with E-state index in [0.717, 1.165) is 27.8 Å². The predicted molar refractivity (Wildman–Crippen MR) is 135 cm³/mol. The SMILES string of the molecule is C=CCOc1ccc(NC(=O)C2(c3ccc(Cl)cc3)Cc3ccccc3C2)c2ccccc12. The Kier molecular flexibility index (Phi) is 5.65. The minimum absolute atomic E-state index is 0.0223. The first kappa shape index (κ1) is 21.3. The fourth-order valence-electron chi connectivity index (χ4n) is 4.78. The maximum Gasteiger partial charge on any atom is 0.235 e. The molecule has 0 saturated heterocycles. The molecule has 33 heavy (non-hydrogen) atoms. The van der Waals surface area contributed by atoms with Gasteiger partial charge in [0.2, 0.25) is 5.91 Å². The molecule has 0 atom stereocenters. The van der Waals surface area contributed by atoms with Gasteiger partial charge in [-0.2, -0.15) is 0 Å². The van der Waals surface area contributed by atoms with E-state index in [0.29, 0.717) is 24.5 Å². The topological polar surface area (TPSA) is 38.3 Å². The van der Waals surface area contributed by atoms with Crippen molar-refractivity contribution in [1.82, 2.24) is 0 Å². The maximum absolute atomic E-state index is 14.0. The Morgan fingerprint density at radius 3 is 2.21 bits per heavy atom. The molecule has 4 aromatic carbocycles. The quantitative estimate of drug-likeness (QED) is 0.328. The van der Waals surface area contributed by atoms with Gasteiger partial charge < -0.3 is 10.1 Å². The Balaban J connectivity index is 1.55. The van der Waals surface area contributed by atoms with Gasteiger partial charge in [-0.3, -0.25) is 4.79 Å². The lowest BCUT2D eigenvalue weighted by atomic mass is 9.76. The van der Waals surface area contributed by atoms with Crippen molar-refractivity contribution in [1.29, 1.82) is 0 Å². The van der Waals surface area contributed by atoms with Gasteiger partial charge in [0.1, 0.15) is 12.4 Å². The fraction of sp³-hybridized carbons (Fsp3) is 0.138. The molecule has 0 heterocycles. The van der Waals surface area contributed by atoms with Crippen LogP contribution in [0.5, 0.6) is 5.75 Å². The Hall–Kier alpha value is -3.56. The zero-order valence-electron chi connectivity index (χ0n) is 18.2. The van der Waals surface area contributed by atoms with Crippen molar-refractivity contribution in [3.8, 4) is 5.75 Å². The molecule has 0 aliphatic heterocycles. The number of ether oxygens (including phenoxy) is 1. The molecule has 1 N–H and O–H groups in total. The number of rotatable bonds is 6. The number of halogens is 1. The van der Waals surface area contributed by atoms with Crippen LogP contribution in [0.3, 0.4) is 0 Å².